The van der Waals surface area contributed by atoms with E-state index in [2.05, 4.69) is 24.0 Å². The molecule has 0 heterocycles. The highest BCUT2D eigenvalue weighted by molar-refractivity contribution is 5.05. The van der Waals surface area contributed by atoms with Gasteiger partial charge >= 0.3 is 0 Å². The highest BCUT2D eigenvalue weighted by Crippen LogP contribution is 2.13. The fourth-order valence-corrected chi connectivity index (χ4v) is 3.85. The molecule has 0 aromatic carbocycles. The lowest BCUT2D eigenvalue weighted by Gasteiger charge is -2.03. The number of aliphatic hydroxyl groups is 2. The zero-order valence-electron chi connectivity index (χ0n) is 20.7. The molecule has 0 aromatic heterocycles. The van der Waals surface area contributed by atoms with E-state index in [0.29, 0.717) is 0 Å². The van der Waals surface area contributed by atoms with Gasteiger partial charge in [-0.3, -0.25) is 0 Å². The standard InChI is InChI=1S/C30H50O2/c1-3-29(31)27-25-23-21-19-17-15-13-11-9-7-5-6-8-10-12-14-16-18-20-22-24-26-28-30(32)4-2/h1-2,5-6,25,27,29-32H,7-24,26,28H2/b6-5+,27-25+/t29-,30-/m1/s1. The highest BCUT2D eigenvalue weighted by atomic mass is 16.3. The second-order valence-electron chi connectivity index (χ2n) is 9.01. The van der Waals surface area contributed by atoms with Gasteiger partial charge in [-0.25, -0.2) is 0 Å². The van der Waals surface area contributed by atoms with E-state index in [-0.39, 0.29) is 0 Å². The number of hydrogen-bond donors (Lipinski definition) is 2. The minimum atomic E-state index is -0.720. The van der Waals surface area contributed by atoms with Crippen LogP contribution in [0.4, 0.5) is 0 Å². The van der Waals surface area contributed by atoms with Gasteiger partial charge in [0.2, 0.25) is 0 Å². The Bertz CT molecular complexity index is 520. The Balaban J connectivity index is 3.17. The molecule has 0 amide bonds. The Morgan fingerprint density at radius 3 is 1.28 bits per heavy atom. The van der Waals surface area contributed by atoms with Crippen LogP contribution in [-0.4, -0.2) is 22.4 Å². The second kappa shape index (κ2) is 25.8. The SMILES string of the molecule is C#C[C@@H](O)/C=C/CCCCCCCCC/C=C/CCCCCCCCCCC[C@H](O)C#C. The summed E-state index contributed by atoms with van der Waals surface area (Å²) in [5, 5.41) is 18.5. The number of terminal acetylenes is 2. The van der Waals surface area contributed by atoms with Crippen molar-refractivity contribution in [2.24, 2.45) is 0 Å². The van der Waals surface area contributed by atoms with E-state index in [1.54, 1.807) is 6.08 Å². The molecule has 0 aromatic rings. The Morgan fingerprint density at radius 1 is 0.500 bits per heavy atom. The summed E-state index contributed by atoms with van der Waals surface area (Å²) in [6.07, 6.45) is 42.5. The Morgan fingerprint density at radius 2 is 0.875 bits per heavy atom. The van der Waals surface area contributed by atoms with E-state index in [0.717, 1.165) is 19.3 Å². The summed E-state index contributed by atoms with van der Waals surface area (Å²) in [4.78, 5) is 0. The number of allylic oxidation sites excluding steroid dienone is 3. The van der Waals surface area contributed by atoms with E-state index in [9.17, 15) is 10.2 Å². The molecular formula is C30H50O2. The van der Waals surface area contributed by atoms with Crippen LogP contribution in [0.2, 0.25) is 0 Å². The molecule has 0 aliphatic carbocycles. The van der Waals surface area contributed by atoms with Crippen LogP contribution in [0.5, 0.6) is 0 Å². The van der Waals surface area contributed by atoms with E-state index in [1.807, 2.05) is 6.08 Å². The molecule has 0 saturated heterocycles. The lowest BCUT2D eigenvalue weighted by Crippen LogP contribution is -2.01. The van der Waals surface area contributed by atoms with Gasteiger partial charge < -0.3 is 10.2 Å². The van der Waals surface area contributed by atoms with Crippen molar-refractivity contribution in [3.8, 4) is 24.7 Å². The van der Waals surface area contributed by atoms with Gasteiger partial charge in [0.15, 0.2) is 0 Å². The molecule has 0 fully saturated rings. The summed E-state index contributed by atoms with van der Waals surface area (Å²) in [5.74, 6) is 4.66. The molecule has 0 aliphatic rings. The van der Waals surface area contributed by atoms with Crippen LogP contribution in [0, 0.1) is 24.7 Å². The predicted octanol–water partition coefficient (Wildman–Crippen LogP) is 7.89. The third-order valence-electron chi connectivity index (χ3n) is 5.94. The highest BCUT2D eigenvalue weighted by Gasteiger charge is 1.98. The van der Waals surface area contributed by atoms with Gasteiger partial charge in [0.25, 0.3) is 0 Å². The third-order valence-corrected chi connectivity index (χ3v) is 5.94. The van der Waals surface area contributed by atoms with Crippen LogP contribution < -0.4 is 0 Å². The zero-order valence-corrected chi connectivity index (χ0v) is 20.7. The van der Waals surface area contributed by atoms with E-state index in [4.69, 9.17) is 12.8 Å². The van der Waals surface area contributed by atoms with Gasteiger partial charge in [-0.15, -0.1) is 12.8 Å². The van der Waals surface area contributed by atoms with Gasteiger partial charge in [-0.2, -0.15) is 0 Å². The second-order valence-corrected chi connectivity index (χ2v) is 9.01. The summed E-state index contributed by atoms with van der Waals surface area (Å²) in [5.41, 5.74) is 0. The molecule has 0 bridgehead atoms. The van der Waals surface area contributed by atoms with Crippen molar-refractivity contribution in [1.29, 1.82) is 0 Å². The number of unbranched alkanes of at least 4 members (excludes halogenated alkanes) is 17. The van der Waals surface area contributed by atoms with Crippen molar-refractivity contribution in [1.82, 2.24) is 0 Å². The maximum Gasteiger partial charge on any atom is 0.133 e. The predicted molar refractivity (Wildman–Crippen MR) is 140 cm³/mol. The average Bonchev–Trinajstić information content (AvgIpc) is 2.81. The molecule has 2 N–H and O–H groups in total. The number of hydrogen-bond acceptors (Lipinski definition) is 2. The average molecular weight is 443 g/mol. The monoisotopic (exact) mass is 442 g/mol. The summed E-state index contributed by atoms with van der Waals surface area (Å²) in [7, 11) is 0. The van der Waals surface area contributed by atoms with Gasteiger partial charge in [0.1, 0.15) is 12.2 Å². The van der Waals surface area contributed by atoms with Crippen LogP contribution in [0.3, 0.4) is 0 Å². The normalized spacial score (nSPS) is 13.4. The minimum absolute atomic E-state index is 0.541. The van der Waals surface area contributed by atoms with Gasteiger partial charge in [0, 0.05) is 0 Å². The molecule has 182 valence electrons. The van der Waals surface area contributed by atoms with Crippen LogP contribution >= 0.6 is 0 Å². The summed E-state index contributed by atoms with van der Waals surface area (Å²) >= 11 is 0. The maximum absolute atomic E-state index is 9.29. The van der Waals surface area contributed by atoms with Crippen LogP contribution in [0.1, 0.15) is 128 Å². The first-order valence-electron chi connectivity index (χ1n) is 13.3. The summed E-state index contributed by atoms with van der Waals surface area (Å²) in [6, 6.07) is 0. The van der Waals surface area contributed by atoms with Crippen molar-refractivity contribution in [2.45, 2.75) is 141 Å². The molecule has 2 atom stereocenters. The van der Waals surface area contributed by atoms with Crippen molar-refractivity contribution >= 4 is 0 Å². The fourth-order valence-electron chi connectivity index (χ4n) is 3.85. The molecule has 0 radical (unpaired) electrons. The van der Waals surface area contributed by atoms with Crippen LogP contribution in [-0.2, 0) is 0 Å². The molecule has 0 unspecified atom stereocenters. The molecule has 2 heteroatoms. The van der Waals surface area contributed by atoms with E-state index in [1.165, 1.54) is 109 Å². The van der Waals surface area contributed by atoms with Gasteiger partial charge in [-0.05, 0) is 57.4 Å². The zero-order chi connectivity index (χ0) is 23.5. The molecule has 2 nitrogen and oxygen atoms in total. The lowest BCUT2D eigenvalue weighted by molar-refractivity contribution is 0.217. The largest absolute Gasteiger partial charge is 0.380 e. The number of rotatable bonds is 23. The Hall–Kier alpha value is -1.48. The molecule has 0 rings (SSSR count). The van der Waals surface area contributed by atoms with Crippen molar-refractivity contribution in [2.75, 3.05) is 0 Å². The Kier molecular flexibility index (Phi) is 24.6. The van der Waals surface area contributed by atoms with E-state index < -0.39 is 12.2 Å². The summed E-state index contributed by atoms with van der Waals surface area (Å²) < 4.78 is 0. The summed E-state index contributed by atoms with van der Waals surface area (Å²) in [6.45, 7) is 0. The topological polar surface area (TPSA) is 40.5 Å². The van der Waals surface area contributed by atoms with Gasteiger partial charge in [0.05, 0.1) is 0 Å². The molecule has 0 saturated carbocycles. The minimum Gasteiger partial charge on any atom is -0.380 e. The maximum atomic E-state index is 9.29. The Labute approximate surface area is 200 Å². The first kappa shape index (κ1) is 30.5. The van der Waals surface area contributed by atoms with Crippen LogP contribution in [0.25, 0.3) is 0 Å². The van der Waals surface area contributed by atoms with Gasteiger partial charge in [-0.1, -0.05) is 107 Å². The van der Waals surface area contributed by atoms with E-state index >= 15 is 0 Å². The van der Waals surface area contributed by atoms with Crippen molar-refractivity contribution in [3.05, 3.63) is 24.3 Å². The fraction of sp³-hybridized carbons (Fsp3) is 0.733. The smallest absolute Gasteiger partial charge is 0.133 e. The first-order valence-corrected chi connectivity index (χ1v) is 13.3. The van der Waals surface area contributed by atoms with Crippen LogP contribution in [0.15, 0.2) is 24.3 Å². The lowest BCUT2D eigenvalue weighted by atomic mass is 10.0. The number of aliphatic hydroxyl groups excluding tert-OH is 2. The van der Waals surface area contributed by atoms with Crippen molar-refractivity contribution in [3.63, 3.8) is 0 Å². The molecule has 32 heavy (non-hydrogen) atoms. The molecule has 0 spiro atoms. The first-order chi connectivity index (χ1) is 15.7. The molecular weight excluding hydrogens is 392 g/mol. The third kappa shape index (κ3) is 24.8. The quantitative estimate of drug-likeness (QED) is 0.0959. The van der Waals surface area contributed by atoms with Crippen molar-refractivity contribution < 1.29 is 10.2 Å². The molecule has 0 aliphatic heterocycles.